The molecular weight excluding hydrogens is 314 g/mol. The van der Waals surface area contributed by atoms with Crippen molar-refractivity contribution in [3.05, 3.63) is 35.9 Å². The predicted molar refractivity (Wildman–Crippen MR) is 99.2 cm³/mol. The Morgan fingerprint density at radius 3 is 2.68 bits per heavy atom. The predicted octanol–water partition coefficient (Wildman–Crippen LogP) is 1.55. The number of benzene rings is 1. The van der Waals surface area contributed by atoms with E-state index in [9.17, 15) is 9.90 Å². The normalized spacial score (nSPS) is 24.0. The van der Waals surface area contributed by atoms with Crippen molar-refractivity contribution in [1.82, 2.24) is 15.5 Å². The van der Waals surface area contributed by atoms with Gasteiger partial charge >= 0.3 is 0 Å². The summed E-state index contributed by atoms with van der Waals surface area (Å²) in [5, 5.41) is 16.8. The number of carbonyl (C=O) groups is 1. The molecule has 0 bridgehead atoms. The minimum Gasteiger partial charge on any atom is -0.387 e. The summed E-state index contributed by atoms with van der Waals surface area (Å²) >= 11 is 0. The molecule has 5 nitrogen and oxygen atoms in total. The van der Waals surface area contributed by atoms with Crippen LogP contribution in [0.3, 0.4) is 0 Å². The molecule has 2 aliphatic heterocycles. The molecule has 1 aromatic carbocycles. The van der Waals surface area contributed by atoms with Gasteiger partial charge in [-0.1, -0.05) is 30.3 Å². The van der Waals surface area contributed by atoms with Crippen LogP contribution < -0.4 is 10.6 Å². The van der Waals surface area contributed by atoms with Crippen molar-refractivity contribution in [3.63, 3.8) is 0 Å². The van der Waals surface area contributed by atoms with Crippen LogP contribution in [0.2, 0.25) is 0 Å². The second-order valence-electron chi connectivity index (χ2n) is 7.46. The highest BCUT2D eigenvalue weighted by molar-refractivity contribution is 5.78. The van der Waals surface area contributed by atoms with Gasteiger partial charge in [0.05, 0.1) is 12.0 Å². The van der Waals surface area contributed by atoms with Gasteiger partial charge in [-0.05, 0) is 56.8 Å². The van der Waals surface area contributed by atoms with Crippen LogP contribution in [0.4, 0.5) is 0 Å². The second kappa shape index (κ2) is 9.32. The van der Waals surface area contributed by atoms with Gasteiger partial charge in [0.25, 0.3) is 0 Å². The Balaban J connectivity index is 1.35. The minimum atomic E-state index is -0.420. The Hall–Kier alpha value is -1.43. The van der Waals surface area contributed by atoms with E-state index in [-0.39, 0.29) is 11.8 Å². The number of aliphatic hydroxyl groups is 1. The molecule has 3 rings (SSSR count). The number of nitrogens with one attached hydrogen (secondary N) is 2. The van der Waals surface area contributed by atoms with Gasteiger partial charge in [-0.3, -0.25) is 4.79 Å². The average Bonchev–Trinajstić information content (AvgIpc) is 2.68. The summed E-state index contributed by atoms with van der Waals surface area (Å²) in [6, 6.07) is 9.87. The van der Waals surface area contributed by atoms with Crippen LogP contribution in [0.25, 0.3) is 0 Å². The van der Waals surface area contributed by atoms with Gasteiger partial charge in [-0.2, -0.15) is 0 Å². The summed E-state index contributed by atoms with van der Waals surface area (Å²) in [5.41, 5.74) is 0.984. The lowest BCUT2D eigenvalue weighted by molar-refractivity contribution is -0.125. The summed E-state index contributed by atoms with van der Waals surface area (Å²) in [5.74, 6) is 0.926. The fourth-order valence-electron chi connectivity index (χ4n) is 3.86. The maximum Gasteiger partial charge on any atom is 0.224 e. The highest BCUT2D eigenvalue weighted by atomic mass is 16.3. The quantitative estimate of drug-likeness (QED) is 0.732. The number of rotatable bonds is 6. The topological polar surface area (TPSA) is 64.6 Å². The van der Waals surface area contributed by atoms with E-state index in [1.165, 1.54) is 0 Å². The van der Waals surface area contributed by atoms with Gasteiger partial charge < -0.3 is 20.6 Å². The van der Waals surface area contributed by atoms with Crippen LogP contribution in [-0.4, -0.2) is 55.2 Å². The van der Waals surface area contributed by atoms with E-state index in [4.69, 9.17) is 0 Å². The third-order valence-corrected chi connectivity index (χ3v) is 5.56. The summed E-state index contributed by atoms with van der Waals surface area (Å²) in [7, 11) is 0. The lowest BCUT2D eigenvalue weighted by Gasteiger charge is -2.33. The van der Waals surface area contributed by atoms with Crippen molar-refractivity contribution in [3.8, 4) is 0 Å². The third-order valence-electron chi connectivity index (χ3n) is 5.56. The standard InChI is InChI=1S/C20H31N3O2/c24-19(17-5-2-1-3-6-17)15-23-11-8-16(9-12-23)13-22-20(25)18-7-4-10-21-14-18/h1-3,5-6,16,18-19,21,24H,4,7-15H2,(H,22,25). The van der Waals surface area contributed by atoms with Crippen molar-refractivity contribution in [1.29, 1.82) is 0 Å². The largest absolute Gasteiger partial charge is 0.387 e. The number of hydrogen-bond donors (Lipinski definition) is 3. The molecule has 2 heterocycles. The fourth-order valence-corrected chi connectivity index (χ4v) is 3.86. The Kier molecular flexibility index (Phi) is 6.84. The Morgan fingerprint density at radius 2 is 2.00 bits per heavy atom. The average molecular weight is 345 g/mol. The first-order valence-electron chi connectivity index (χ1n) is 9.66. The van der Waals surface area contributed by atoms with Crippen molar-refractivity contribution >= 4 is 5.91 Å². The van der Waals surface area contributed by atoms with E-state index < -0.39 is 6.10 Å². The molecule has 2 saturated heterocycles. The molecule has 0 aromatic heterocycles. The Morgan fingerprint density at radius 1 is 1.24 bits per heavy atom. The van der Waals surface area contributed by atoms with Crippen LogP contribution in [0, 0.1) is 11.8 Å². The zero-order chi connectivity index (χ0) is 17.5. The van der Waals surface area contributed by atoms with Gasteiger partial charge in [-0.25, -0.2) is 0 Å². The van der Waals surface area contributed by atoms with E-state index in [0.29, 0.717) is 12.5 Å². The van der Waals surface area contributed by atoms with Gasteiger partial charge in [-0.15, -0.1) is 0 Å². The molecule has 2 atom stereocenters. The number of nitrogens with zero attached hydrogens (tertiary/aromatic N) is 1. The van der Waals surface area contributed by atoms with Gasteiger partial charge in [0, 0.05) is 19.6 Å². The van der Waals surface area contributed by atoms with Gasteiger partial charge in [0.1, 0.15) is 0 Å². The maximum atomic E-state index is 12.2. The Bertz CT molecular complexity index is 523. The number of likely N-dealkylation sites (tertiary alicyclic amines) is 1. The van der Waals surface area contributed by atoms with E-state index in [1.54, 1.807) is 0 Å². The molecule has 0 spiro atoms. The molecule has 0 aliphatic carbocycles. The third kappa shape index (κ3) is 5.53. The lowest BCUT2D eigenvalue weighted by Crippen LogP contribution is -2.44. The lowest BCUT2D eigenvalue weighted by atomic mass is 9.95. The molecular formula is C20H31N3O2. The number of piperidine rings is 2. The highest BCUT2D eigenvalue weighted by Gasteiger charge is 2.24. The highest BCUT2D eigenvalue weighted by Crippen LogP contribution is 2.20. The van der Waals surface area contributed by atoms with Crippen LogP contribution in [0.5, 0.6) is 0 Å². The summed E-state index contributed by atoms with van der Waals surface area (Å²) in [6.45, 7) is 5.34. The van der Waals surface area contributed by atoms with Crippen molar-refractivity contribution in [2.75, 3.05) is 39.3 Å². The molecule has 5 heteroatoms. The van der Waals surface area contributed by atoms with Crippen molar-refractivity contribution in [2.45, 2.75) is 31.8 Å². The number of carbonyl (C=O) groups excluding carboxylic acids is 1. The first-order chi connectivity index (χ1) is 12.2. The molecule has 3 N–H and O–H groups in total. The van der Waals surface area contributed by atoms with Crippen LogP contribution in [0.15, 0.2) is 30.3 Å². The zero-order valence-electron chi connectivity index (χ0n) is 15.0. The number of hydrogen-bond acceptors (Lipinski definition) is 4. The van der Waals surface area contributed by atoms with Crippen LogP contribution in [0.1, 0.15) is 37.4 Å². The number of aliphatic hydroxyl groups excluding tert-OH is 1. The minimum absolute atomic E-state index is 0.148. The molecule has 25 heavy (non-hydrogen) atoms. The smallest absolute Gasteiger partial charge is 0.224 e. The first kappa shape index (κ1) is 18.4. The molecule has 2 unspecified atom stereocenters. The molecule has 138 valence electrons. The SMILES string of the molecule is O=C(NCC1CCN(CC(O)c2ccccc2)CC1)C1CCCNC1. The molecule has 0 radical (unpaired) electrons. The van der Waals surface area contributed by atoms with Crippen LogP contribution in [-0.2, 0) is 4.79 Å². The molecule has 1 amide bonds. The second-order valence-corrected chi connectivity index (χ2v) is 7.46. The first-order valence-corrected chi connectivity index (χ1v) is 9.66. The summed E-state index contributed by atoms with van der Waals surface area (Å²) in [4.78, 5) is 14.5. The zero-order valence-corrected chi connectivity index (χ0v) is 15.0. The van der Waals surface area contributed by atoms with E-state index in [2.05, 4.69) is 15.5 Å². The van der Waals surface area contributed by atoms with E-state index >= 15 is 0 Å². The van der Waals surface area contributed by atoms with Gasteiger partial charge in [0.15, 0.2) is 0 Å². The number of β-amino-alcohol motifs (C(OH)–C–C–N with tert-alkyl or cyclic N) is 1. The van der Waals surface area contributed by atoms with Crippen molar-refractivity contribution in [2.24, 2.45) is 11.8 Å². The van der Waals surface area contributed by atoms with Gasteiger partial charge in [0.2, 0.25) is 5.91 Å². The summed E-state index contributed by atoms with van der Waals surface area (Å²) in [6.07, 6.45) is 3.86. The molecule has 0 saturated carbocycles. The molecule has 2 fully saturated rings. The number of amides is 1. The fraction of sp³-hybridized carbons (Fsp3) is 0.650. The molecule has 2 aliphatic rings. The van der Waals surface area contributed by atoms with Crippen LogP contribution >= 0.6 is 0 Å². The maximum absolute atomic E-state index is 12.2. The Labute approximate surface area is 150 Å². The summed E-state index contributed by atoms with van der Waals surface area (Å²) < 4.78 is 0. The van der Waals surface area contributed by atoms with E-state index in [0.717, 1.165) is 64.0 Å². The molecule has 1 aromatic rings. The van der Waals surface area contributed by atoms with E-state index in [1.807, 2.05) is 30.3 Å². The monoisotopic (exact) mass is 345 g/mol. The van der Waals surface area contributed by atoms with Crippen molar-refractivity contribution < 1.29 is 9.90 Å².